The molecule has 0 N–H and O–H groups in total. The average molecular weight is 313 g/mol. The first-order valence-electron chi connectivity index (χ1n) is 7.25. The van der Waals surface area contributed by atoms with Crippen LogP contribution in [0.1, 0.15) is 32.3 Å². The number of hydrogen-bond acceptors (Lipinski definition) is 4. The monoisotopic (exact) mass is 313 g/mol. The SMILES string of the molecule is CCCC(=NOC(C)=O)c1ccc(-c2ccccc2)cc1S. The zero-order valence-electron chi connectivity index (χ0n) is 12.7. The molecule has 0 amide bonds. The van der Waals surface area contributed by atoms with Crippen molar-refractivity contribution in [3.8, 4) is 11.1 Å². The molecule has 0 aliphatic heterocycles. The fourth-order valence-corrected chi connectivity index (χ4v) is 2.51. The normalized spacial score (nSPS) is 11.3. The Bertz CT molecular complexity index is 681. The molecule has 0 unspecified atom stereocenters. The van der Waals surface area contributed by atoms with Crippen molar-refractivity contribution in [1.29, 1.82) is 0 Å². The van der Waals surface area contributed by atoms with Gasteiger partial charge in [-0.25, -0.2) is 4.79 Å². The van der Waals surface area contributed by atoms with E-state index in [1.807, 2.05) is 36.4 Å². The van der Waals surface area contributed by atoms with Crippen molar-refractivity contribution in [1.82, 2.24) is 0 Å². The van der Waals surface area contributed by atoms with Crippen LogP contribution in [0, 0.1) is 0 Å². The minimum atomic E-state index is -0.421. The van der Waals surface area contributed by atoms with E-state index in [9.17, 15) is 4.79 Å². The first-order chi connectivity index (χ1) is 10.6. The molecule has 0 fully saturated rings. The van der Waals surface area contributed by atoms with E-state index in [4.69, 9.17) is 4.84 Å². The van der Waals surface area contributed by atoms with Gasteiger partial charge < -0.3 is 4.84 Å². The maximum absolute atomic E-state index is 11.0. The lowest BCUT2D eigenvalue weighted by atomic mass is 10.0. The summed E-state index contributed by atoms with van der Waals surface area (Å²) >= 11 is 4.57. The van der Waals surface area contributed by atoms with Crippen LogP contribution >= 0.6 is 12.6 Å². The molecule has 0 aliphatic carbocycles. The van der Waals surface area contributed by atoms with E-state index in [-0.39, 0.29) is 0 Å². The van der Waals surface area contributed by atoms with Gasteiger partial charge in [0.1, 0.15) is 0 Å². The number of nitrogens with zero attached hydrogens (tertiary/aromatic N) is 1. The highest BCUT2D eigenvalue weighted by atomic mass is 32.1. The van der Waals surface area contributed by atoms with E-state index < -0.39 is 5.97 Å². The quantitative estimate of drug-likeness (QED) is 0.376. The highest BCUT2D eigenvalue weighted by Crippen LogP contribution is 2.26. The summed E-state index contributed by atoms with van der Waals surface area (Å²) in [5, 5.41) is 3.96. The fraction of sp³-hybridized carbons (Fsp3) is 0.222. The molecule has 0 saturated carbocycles. The molecule has 0 radical (unpaired) electrons. The second kappa shape index (κ2) is 7.80. The zero-order valence-corrected chi connectivity index (χ0v) is 13.6. The molecule has 0 aromatic heterocycles. The lowest BCUT2D eigenvalue weighted by Crippen LogP contribution is -2.05. The maximum atomic E-state index is 11.0. The smallest absolute Gasteiger partial charge is 0.318 e. The number of oxime groups is 1. The van der Waals surface area contributed by atoms with Crippen molar-refractivity contribution in [2.24, 2.45) is 5.16 Å². The summed E-state index contributed by atoms with van der Waals surface area (Å²) < 4.78 is 0. The predicted molar refractivity (Wildman–Crippen MR) is 92.3 cm³/mol. The number of hydrogen-bond donors (Lipinski definition) is 1. The Morgan fingerprint density at radius 3 is 2.45 bits per heavy atom. The van der Waals surface area contributed by atoms with Gasteiger partial charge in [0.15, 0.2) is 0 Å². The number of carbonyl (C=O) groups is 1. The molecular weight excluding hydrogens is 294 g/mol. The van der Waals surface area contributed by atoms with Crippen LogP contribution in [0.25, 0.3) is 11.1 Å². The van der Waals surface area contributed by atoms with Crippen LogP contribution in [0.2, 0.25) is 0 Å². The van der Waals surface area contributed by atoms with Gasteiger partial charge in [-0.1, -0.05) is 61.0 Å². The van der Waals surface area contributed by atoms with Gasteiger partial charge in [0.25, 0.3) is 0 Å². The topological polar surface area (TPSA) is 38.7 Å². The van der Waals surface area contributed by atoms with Crippen LogP contribution in [0.4, 0.5) is 0 Å². The molecule has 0 spiro atoms. The summed E-state index contributed by atoms with van der Waals surface area (Å²) in [6.07, 6.45) is 1.64. The Morgan fingerprint density at radius 2 is 1.86 bits per heavy atom. The van der Waals surface area contributed by atoms with Gasteiger partial charge in [-0.05, 0) is 23.6 Å². The second-order valence-electron chi connectivity index (χ2n) is 4.97. The minimum absolute atomic E-state index is 0.421. The Kier molecular flexibility index (Phi) is 5.78. The fourth-order valence-electron chi connectivity index (χ4n) is 2.17. The molecule has 3 nitrogen and oxygen atoms in total. The summed E-state index contributed by atoms with van der Waals surface area (Å²) in [7, 11) is 0. The molecule has 2 rings (SSSR count). The highest BCUT2D eigenvalue weighted by Gasteiger charge is 2.10. The first-order valence-corrected chi connectivity index (χ1v) is 7.69. The third kappa shape index (κ3) is 4.21. The van der Waals surface area contributed by atoms with Crippen molar-refractivity contribution in [3.63, 3.8) is 0 Å². The summed E-state index contributed by atoms with van der Waals surface area (Å²) in [5.74, 6) is -0.421. The first kappa shape index (κ1) is 16.3. The molecular formula is C18H19NO2S. The maximum Gasteiger partial charge on any atom is 0.331 e. The largest absolute Gasteiger partial charge is 0.331 e. The van der Waals surface area contributed by atoms with Crippen LogP contribution < -0.4 is 0 Å². The number of benzene rings is 2. The van der Waals surface area contributed by atoms with E-state index in [0.29, 0.717) is 0 Å². The molecule has 0 bridgehead atoms. The highest BCUT2D eigenvalue weighted by molar-refractivity contribution is 7.80. The number of carbonyl (C=O) groups excluding carboxylic acids is 1. The van der Waals surface area contributed by atoms with Crippen LogP contribution in [-0.2, 0) is 9.63 Å². The van der Waals surface area contributed by atoms with Gasteiger partial charge in [-0.15, -0.1) is 12.6 Å². The standard InChI is InChI=1S/C18H19NO2S/c1-3-7-17(19-21-13(2)20)16-11-10-15(12-18(16)22)14-8-5-4-6-9-14/h4-6,8-12,22H,3,7H2,1-2H3. The molecule has 2 aromatic rings. The average Bonchev–Trinajstić information content (AvgIpc) is 2.52. The van der Waals surface area contributed by atoms with E-state index in [0.717, 1.165) is 40.1 Å². The van der Waals surface area contributed by atoms with E-state index >= 15 is 0 Å². The number of thiol groups is 1. The molecule has 0 aliphatic rings. The van der Waals surface area contributed by atoms with Crippen molar-refractivity contribution >= 4 is 24.3 Å². The van der Waals surface area contributed by atoms with Crippen LogP contribution in [0.15, 0.2) is 58.6 Å². The van der Waals surface area contributed by atoms with Crippen molar-refractivity contribution in [3.05, 3.63) is 54.1 Å². The van der Waals surface area contributed by atoms with Gasteiger partial charge in [0, 0.05) is 17.4 Å². The molecule has 114 valence electrons. The Labute approximate surface area is 136 Å². The molecule has 0 atom stereocenters. The van der Waals surface area contributed by atoms with E-state index in [2.05, 4.69) is 36.8 Å². The minimum Gasteiger partial charge on any atom is -0.318 e. The predicted octanol–water partition coefficient (Wildman–Crippen LogP) is 4.71. The molecule has 0 heterocycles. The van der Waals surface area contributed by atoms with Crippen molar-refractivity contribution in [2.45, 2.75) is 31.6 Å². The summed E-state index contributed by atoms with van der Waals surface area (Å²) in [4.78, 5) is 16.6. The molecule has 22 heavy (non-hydrogen) atoms. The Morgan fingerprint density at radius 1 is 1.14 bits per heavy atom. The summed E-state index contributed by atoms with van der Waals surface area (Å²) in [6, 6.07) is 16.1. The van der Waals surface area contributed by atoms with Gasteiger partial charge in [-0.3, -0.25) is 0 Å². The van der Waals surface area contributed by atoms with Crippen LogP contribution in [-0.4, -0.2) is 11.7 Å². The summed E-state index contributed by atoms with van der Waals surface area (Å²) in [5.41, 5.74) is 3.87. The molecule has 2 aromatic carbocycles. The van der Waals surface area contributed by atoms with E-state index in [1.165, 1.54) is 6.92 Å². The van der Waals surface area contributed by atoms with Gasteiger partial charge >= 0.3 is 5.97 Å². The van der Waals surface area contributed by atoms with Gasteiger partial charge in [0.05, 0.1) is 5.71 Å². The Hall–Kier alpha value is -2.07. The van der Waals surface area contributed by atoms with Gasteiger partial charge in [-0.2, -0.15) is 0 Å². The van der Waals surface area contributed by atoms with Crippen molar-refractivity contribution in [2.75, 3.05) is 0 Å². The second-order valence-corrected chi connectivity index (χ2v) is 5.45. The lowest BCUT2D eigenvalue weighted by molar-refractivity contribution is -0.140. The zero-order chi connectivity index (χ0) is 15.9. The van der Waals surface area contributed by atoms with Crippen molar-refractivity contribution < 1.29 is 9.63 Å². The van der Waals surface area contributed by atoms with E-state index in [1.54, 1.807) is 0 Å². The van der Waals surface area contributed by atoms with Crippen LogP contribution in [0.5, 0.6) is 0 Å². The number of rotatable bonds is 5. The third-order valence-corrected chi connectivity index (χ3v) is 3.56. The van der Waals surface area contributed by atoms with Crippen LogP contribution in [0.3, 0.4) is 0 Å². The third-order valence-electron chi connectivity index (χ3n) is 3.19. The Balaban J connectivity index is 2.35. The van der Waals surface area contributed by atoms with Gasteiger partial charge in [0.2, 0.25) is 0 Å². The molecule has 0 saturated heterocycles. The summed E-state index contributed by atoms with van der Waals surface area (Å²) in [6.45, 7) is 3.40. The lowest BCUT2D eigenvalue weighted by Gasteiger charge is -2.10. The molecule has 4 heteroatoms.